The molecule has 0 spiro atoms. The molecule has 0 saturated heterocycles. The summed E-state index contributed by atoms with van der Waals surface area (Å²) in [4.78, 5) is 11.1. The molecule has 0 aliphatic rings. The fraction of sp³-hybridized carbons (Fsp3) is 0.250. The molecule has 0 aliphatic heterocycles. The van der Waals surface area contributed by atoms with Crippen molar-refractivity contribution in [2.75, 3.05) is 11.2 Å². The largest absolute Gasteiger partial charge is 0.348 e. The Bertz CT molecular complexity index is 545. The molecule has 4 heteroatoms. The number of halogens is 1. The van der Waals surface area contributed by atoms with E-state index in [2.05, 4.69) is 22.9 Å². The Morgan fingerprint density at radius 1 is 1.44 bits per heavy atom. The van der Waals surface area contributed by atoms with Crippen LogP contribution in [0.1, 0.15) is 5.69 Å². The Morgan fingerprint density at radius 2 is 2.19 bits per heavy atom. The number of carbonyl (C=O) groups excluding carboxylic acids is 1. The molecule has 2 aromatic rings. The summed E-state index contributed by atoms with van der Waals surface area (Å²) < 4.78 is 2.11. The number of aryl methyl sites for hydroxylation is 2. The smallest absolute Gasteiger partial charge is 0.239 e. The molecule has 1 aromatic heterocycles. The maximum absolute atomic E-state index is 11.1. The van der Waals surface area contributed by atoms with Crippen LogP contribution in [0.3, 0.4) is 0 Å². The van der Waals surface area contributed by atoms with E-state index in [4.69, 9.17) is 11.6 Å². The van der Waals surface area contributed by atoms with Gasteiger partial charge in [-0.25, -0.2) is 0 Å². The first-order valence-corrected chi connectivity index (χ1v) is 5.57. The number of hydrogen-bond donors (Lipinski definition) is 1. The lowest BCUT2D eigenvalue weighted by atomic mass is 10.2. The van der Waals surface area contributed by atoms with Crippen molar-refractivity contribution in [3.63, 3.8) is 0 Å². The number of alkyl halides is 1. The van der Waals surface area contributed by atoms with Gasteiger partial charge in [0.2, 0.25) is 5.91 Å². The summed E-state index contributed by atoms with van der Waals surface area (Å²) in [6.07, 6.45) is 0. The molecule has 0 bridgehead atoms. The van der Waals surface area contributed by atoms with Gasteiger partial charge in [0.1, 0.15) is 5.88 Å². The highest BCUT2D eigenvalue weighted by atomic mass is 35.5. The van der Waals surface area contributed by atoms with Crippen LogP contribution < -0.4 is 5.32 Å². The Balaban J connectivity index is 2.41. The Hall–Kier alpha value is -1.48. The molecule has 0 radical (unpaired) electrons. The molecule has 0 saturated carbocycles. The number of carbonyl (C=O) groups is 1. The summed E-state index contributed by atoms with van der Waals surface area (Å²) in [5.41, 5.74) is 3.13. The second-order valence-electron chi connectivity index (χ2n) is 3.80. The lowest BCUT2D eigenvalue weighted by molar-refractivity contribution is -0.113. The number of rotatable bonds is 2. The summed E-state index contributed by atoms with van der Waals surface area (Å²) in [6.45, 7) is 2.05. The first-order valence-electron chi connectivity index (χ1n) is 5.03. The molecule has 2 rings (SSSR count). The molecular weight excluding hydrogens is 224 g/mol. The molecular formula is C12H13ClN2O. The second-order valence-corrected chi connectivity index (χ2v) is 4.07. The predicted molar refractivity (Wildman–Crippen MR) is 67.0 cm³/mol. The number of nitrogens with zero attached hydrogens (tertiary/aromatic N) is 1. The van der Waals surface area contributed by atoms with Gasteiger partial charge in [-0.15, -0.1) is 11.6 Å². The average molecular weight is 237 g/mol. The monoisotopic (exact) mass is 236 g/mol. The SMILES string of the molecule is Cc1cc2cc(NC(=O)CCl)ccc2n1C. The van der Waals surface area contributed by atoms with Crippen LogP contribution in [0.4, 0.5) is 5.69 Å². The third-order valence-electron chi connectivity index (χ3n) is 2.69. The Labute approximate surface area is 99.0 Å². The first kappa shape index (κ1) is 11.0. The zero-order valence-corrected chi connectivity index (χ0v) is 10.0. The number of nitrogens with one attached hydrogen (secondary N) is 1. The van der Waals surface area contributed by atoms with Gasteiger partial charge in [0.15, 0.2) is 0 Å². The third-order valence-corrected chi connectivity index (χ3v) is 2.93. The van der Waals surface area contributed by atoms with Crippen molar-refractivity contribution in [1.29, 1.82) is 0 Å². The summed E-state index contributed by atoms with van der Waals surface area (Å²) in [7, 11) is 2.02. The Morgan fingerprint density at radius 3 is 2.88 bits per heavy atom. The van der Waals surface area contributed by atoms with Gasteiger partial charge in [0.25, 0.3) is 0 Å². The normalized spacial score (nSPS) is 10.7. The van der Waals surface area contributed by atoms with Crippen LogP contribution in [-0.4, -0.2) is 16.4 Å². The summed E-state index contributed by atoms with van der Waals surface area (Å²) >= 11 is 5.43. The summed E-state index contributed by atoms with van der Waals surface area (Å²) in [5, 5.41) is 3.85. The summed E-state index contributed by atoms with van der Waals surface area (Å²) in [6, 6.07) is 7.91. The van der Waals surface area contributed by atoms with E-state index in [-0.39, 0.29) is 11.8 Å². The highest BCUT2D eigenvalue weighted by molar-refractivity contribution is 6.29. The lowest BCUT2D eigenvalue weighted by Gasteiger charge is -2.03. The van der Waals surface area contributed by atoms with Crippen molar-refractivity contribution in [1.82, 2.24) is 4.57 Å². The van der Waals surface area contributed by atoms with Crippen LogP contribution in [0.5, 0.6) is 0 Å². The van der Waals surface area contributed by atoms with E-state index in [1.807, 2.05) is 25.2 Å². The maximum atomic E-state index is 11.1. The van der Waals surface area contributed by atoms with Crippen LogP contribution in [0.15, 0.2) is 24.3 Å². The predicted octanol–water partition coefficient (Wildman–Crippen LogP) is 2.66. The van der Waals surface area contributed by atoms with Crippen molar-refractivity contribution in [3.8, 4) is 0 Å². The third kappa shape index (κ3) is 1.91. The van der Waals surface area contributed by atoms with Crippen LogP contribution in [0.2, 0.25) is 0 Å². The number of benzene rings is 1. The minimum absolute atomic E-state index is 0.0220. The highest BCUT2D eigenvalue weighted by Crippen LogP contribution is 2.22. The van der Waals surface area contributed by atoms with Crippen molar-refractivity contribution >= 4 is 34.1 Å². The molecule has 84 valence electrons. The van der Waals surface area contributed by atoms with Gasteiger partial charge < -0.3 is 9.88 Å². The molecule has 0 fully saturated rings. The molecule has 3 nitrogen and oxygen atoms in total. The van der Waals surface area contributed by atoms with E-state index in [1.54, 1.807) is 0 Å². The minimum Gasteiger partial charge on any atom is -0.348 e. The van der Waals surface area contributed by atoms with Gasteiger partial charge in [-0.2, -0.15) is 0 Å². The van der Waals surface area contributed by atoms with Gasteiger partial charge in [0, 0.05) is 29.3 Å². The molecule has 0 aliphatic carbocycles. The van der Waals surface area contributed by atoms with E-state index >= 15 is 0 Å². The van der Waals surface area contributed by atoms with Crippen molar-refractivity contribution in [2.24, 2.45) is 7.05 Å². The van der Waals surface area contributed by atoms with E-state index in [0.717, 1.165) is 16.6 Å². The number of amides is 1. The molecule has 1 aromatic carbocycles. The Kier molecular flexibility index (Phi) is 2.88. The standard InChI is InChI=1S/C12H13ClN2O/c1-8-5-9-6-10(14-12(16)7-13)3-4-11(9)15(8)2/h3-6H,7H2,1-2H3,(H,14,16). The van der Waals surface area contributed by atoms with Gasteiger partial charge in [0.05, 0.1) is 0 Å². The maximum Gasteiger partial charge on any atom is 0.239 e. The summed E-state index contributed by atoms with van der Waals surface area (Å²) in [5.74, 6) is -0.208. The molecule has 1 heterocycles. The van der Waals surface area contributed by atoms with E-state index in [1.165, 1.54) is 5.69 Å². The number of fused-ring (bicyclic) bond motifs is 1. The van der Waals surface area contributed by atoms with Crippen molar-refractivity contribution in [3.05, 3.63) is 30.0 Å². The van der Waals surface area contributed by atoms with Gasteiger partial charge in [-0.1, -0.05) is 0 Å². The first-order chi connectivity index (χ1) is 7.61. The average Bonchev–Trinajstić information content (AvgIpc) is 2.54. The fourth-order valence-electron chi connectivity index (χ4n) is 1.76. The van der Waals surface area contributed by atoms with Crippen LogP contribution >= 0.6 is 11.6 Å². The molecule has 0 unspecified atom stereocenters. The van der Waals surface area contributed by atoms with Crippen molar-refractivity contribution in [2.45, 2.75) is 6.92 Å². The molecule has 1 N–H and O–H groups in total. The highest BCUT2D eigenvalue weighted by Gasteiger charge is 2.04. The van der Waals surface area contributed by atoms with Crippen LogP contribution in [0.25, 0.3) is 10.9 Å². The van der Waals surface area contributed by atoms with Gasteiger partial charge in [-0.3, -0.25) is 4.79 Å². The topological polar surface area (TPSA) is 34.0 Å². The minimum atomic E-state index is -0.186. The van der Waals surface area contributed by atoms with E-state index in [9.17, 15) is 4.79 Å². The lowest BCUT2D eigenvalue weighted by Crippen LogP contribution is -2.12. The van der Waals surface area contributed by atoms with Gasteiger partial charge in [-0.05, 0) is 31.2 Å². The van der Waals surface area contributed by atoms with Crippen molar-refractivity contribution < 1.29 is 4.79 Å². The molecule has 1 amide bonds. The molecule has 16 heavy (non-hydrogen) atoms. The molecule has 0 atom stereocenters. The number of anilines is 1. The van der Waals surface area contributed by atoms with Crippen LogP contribution in [-0.2, 0) is 11.8 Å². The second kappa shape index (κ2) is 4.18. The quantitative estimate of drug-likeness (QED) is 0.800. The fourth-order valence-corrected chi connectivity index (χ4v) is 1.83. The number of hydrogen-bond acceptors (Lipinski definition) is 1. The van der Waals surface area contributed by atoms with Crippen LogP contribution in [0, 0.1) is 6.92 Å². The van der Waals surface area contributed by atoms with E-state index in [0.29, 0.717) is 0 Å². The van der Waals surface area contributed by atoms with Gasteiger partial charge >= 0.3 is 0 Å². The van der Waals surface area contributed by atoms with E-state index < -0.39 is 0 Å². The zero-order chi connectivity index (χ0) is 11.7. The zero-order valence-electron chi connectivity index (χ0n) is 9.25. The number of aromatic nitrogens is 1.